The second-order valence-corrected chi connectivity index (χ2v) is 12.9. The Morgan fingerprint density at radius 2 is 1.76 bits per heavy atom. The number of carboxylic acid groups (broad SMARTS) is 1. The van der Waals surface area contributed by atoms with Gasteiger partial charge >= 0.3 is 5.97 Å². The number of amides is 1. The molecule has 1 unspecified atom stereocenters. The van der Waals surface area contributed by atoms with Crippen LogP contribution in [0.5, 0.6) is 0 Å². The SMILES string of the molecule is CC(C)C(=O)N(C)C1CCC(C(C(=O)c2ccc(Cl)cc2N)c2cc(C#CC(C)(C)C)sc2C(=O)O)CC1. The Morgan fingerprint density at radius 3 is 2.29 bits per heavy atom. The molecule has 1 heterocycles. The third-order valence-corrected chi connectivity index (χ3v) is 8.30. The predicted molar refractivity (Wildman–Crippen MR) is 154 cm³/mol. The highest BCUT2D eigenvalue weighted by Gasteiger charge is 2.39. The van der Waals surface area contributed by atoms with Gasteiger partial charge in [0.25, 0.3) is 0 Å². The van der Waals surface area contributed by atoms with E-state index in [1.165, 1.54) is 0 Å². The average molecular weight is 557 g/mol. The number of carbonyl (C=O) groups excluding carboxylic acids is 2. The molecule has 1 saturated carbocycles. The van der Waals surface area contributed by atoms with Crippen LogP contribution < -0.4 is 5.73 Å². The highest BCUT2D eigenvalue weighted by Crippen LogP contribution is 2.43. The van der Waals surface area contributed by atoms with Crippen LogP contribution in [0.15, 0.2) is 24.3 Å². The molecule has 6 nitrogen and oxygen atoms in total. The van der Waals surface area contributed by atoms with Gasteiger partial charge in [-0.25, -0.2) is 4.79 Å². The number of hydrogen-bond donors (Lipinski definition) is 2. The lowest BCUT2D eigenvalue weighted by Crippen LogP contribution is -2.42. The number of nitrogens with two attached hydrogens (primary N) is 1. The molecule has 1 amide bonds. The smallest absolute Gasteiger partial charge is 0.346 e. The van der Waals surface area contributed by atoms with E-state index in [1.54, 1.807) is 24.3 Å². The molecule has 3 N–H and O–H groups in total. The first-order valence-corrected chi connectivity index (χ1v) is 14.1. The summed E-state index contributed by atoms with van der Waals surface area (Å²) in [7, 11) is 1.84. The monoisotopic (exact) mass is 556 g/mol. The summed E-state index contributed by atoms with van der Waals surface area (Å²) in [5.74, 6) is 4.19. The maximum atomic E-state index is 14.1. The molecule has 0 saturated heterocycles. The molecule has 1 aromatic heterocycles. The molecule has 1 atom stereocenters. The molecule has 2 aromatic rings. The maximum Gasteiger partial charge on any atom is 0.346 e. The molecule has 1 aliphatic carbocycles. The lowest BCUT2D eigenvalue weighted by atomic mass is 9.72. The van der Waals surface area contributed by atoms with Gasteiger partial charge in [-0.3, -0.25) is 9.59 Å². The summed E-state index contributed by atoms with van der Waals surface area (Å²) in [6.45, 7) is 9.74. The molecule has 8 heteroatoms. The predicted octanol–water partition coefficient (Wildman–Crippen LogP) is 6.72. The van der Waals surface area contributed by atoms with E-state index >= 15 is 0 Å². The molecule has 3 rings (SSSR count). The van der Waals surface area contributed by atoms with Gasteiger partial charge in [0.1, 0.15) is 4.88 Å². The quantitative estimate of drug-likeness (QED) is 0.224. The number of anilines is 1. The summed E-state index contributed by atoms with van der Waals surface area (Å²) in [5, 5.41) is 10.5. The zero-order valence-electron chi connectivity index (χ0n) is 22.9. The van der Waals surface area contributed by atoms with E-state index in [0.29, 0.717) is 33.9 Å². The number of nitrogen functional groups attached to an aromatic ring is 1. The largest absolute Gasteiger partial charge is 0.477 e. The number of hydrogen-bond acceptors (Lipinski definition) is 5. The van der Waals surface area contributed by atoms with Crippen LogP contribution in [0.25, 0.3) is 0 Å². The molecule has 1 fully saturated rings. The van der Waals surface area contributed by atoms with Crippen molar-refractivity contribution in [2.75, 3.05) is 12.8 Å². The van der Waals surface area contributed by atoms with Gasteiger partial charge in [-0.05, 0) is 82.2 Å². The summed E-state index contributed by atoms with van der Waals surface area (Å²) >= 11 is 7.19. The van der Waals surface area contributed by atoms with Gasteiger partial charge in [-0.1, -0.05) is 37.3 Å². The number of nitrogens with zero attached hydrogens (tertiary/aromatic N) is 1. The van der Waals surface area contributed by atoms with Crippen molar-refractivity contribution in [3.63, 3.8) is 0 Å². The number of thiophene rings is 1. The van der Waals surface area contributed by atoms with Gasteiger partial charge < -0.3 is 15.7 Å². The summed E-state index contributed by atoms with van der Waals surface area (Å²) in [4.78, 5) is 41.5. The number of carbonyl (C=O) groups is 3. The standard InChI is InChI=1S/C30H37ClN2O4S/c1-17(2)28(35)33(6)20-10-7-18(8-11-20)25(26(34)22-12-9-19(31)15-24(22)32)23-16-21(13-14-30(3,4)5)38-27(23)29(36)37/h9,12,15-18,20,25H,7-8,10-11,32H2,1-6H3,(H,36,37). The van der Waals surface area contributed by atoms with Crippen molar-refractivity contribution >= 4 is 46.3 Å². The minimum Gasteiger partial charge on any atom is -0.477 e. The molecule has 1 aliphatic rings. The van der Waals surface area contributed by atoms with Crippen LogP contribution >= 0.6 is 22.9 Å². The molecule has 1 aromatic carbocycles. The first kappa shape index (κ1) is 29.7. The summed E-state index contributed by atoms with van der Waals surface area (Å²) in [6, 6.07) is 6.63. The van der Waals surface area contributed by atoms with E-state index in [2.05, 4.69) is 11.8 Å². The van der Waals surface area contributed by atoms with Gasteiger partial charge in [0.15, 0.2) is 5.78 Å². The Bertz CT molecular complexity index is 1270. The molecule has 0 aliphatic heterocycles. The highest BCUT2D eigenvalue weighted by molar-refractivity contribution is 7.14. The molecule has 0 radical (unpaired) electrons. The topological polar surface area (TPSA) is 101 Å². The first-order valence-electron chi connectivity index (χ1n) is 13.0. The number of carboxylic acids is 1. The van der Waals surface area contributed by atoms with Crippen molar-refractivity contribution in [3.05, 3.63) is 50.2 Å². The normalized spacial score (nSPS) is 18.4. The van der Waals surface area contributed by atoms with Crippen LogP contribution in [0.3, 0.4) is 0 Å². The van der Waals surface area contributed by atoms with Crippen molar-refractivity contribution in [2.45, 2.75) is 72.3 Å². The number of benzene rings is 1. The zero-order chi connectivity index (χ0) is 28.4. The van der Waals surface area contributed by atoms with Crippen LogP contribution in [0, 0.1) is 29.1 Å². The maximum absolute atomic E-state index is 14.1. The Morgan fingerprint density at radius 1 is 1.13 bits per heavy atom. The minimum atomic E-state index is -1.08. The Labute approximate surface area is 234 Å². The van der Waals surface area contributed by atoms with E-state index in [0.717, 1.165) is 24.2 Å². The highest BCUT2D eigenvalue weighted by atomic mass is 35.5. The minimum absolute atomic E-state index is 0.0866. The van der Waals surface area contributed by atoms with Crippen LogP contribution in [0.4, 0.5) is 5.69 Å². The first-order chi connectivity index (χ1) is 17.7. The zero-order valence-corrected chi connectivity index (χ0v) is 24.5. The van der Waals surface area contributed by atoms with Crippen molar-refractivity contribution in [1.82, 2.24) is 4.90 Å². The van der Waals surface area contributed by atoms with Crippen LogP contribution in [-0.2, 0) is 4.79 Å². The van der Waals surface area contributed by atoms with E-state index in [-0.39, 0.29) is 45.5 Å². The fourth-order valence-corrected chi connectivity index (χ4v) is 6.14. The number of halogens is 1. The second-order valence-electron chi connectivity index (χ2n) is 11.4. The van der Waals surface area contributed by atoms with Gasteiger partial charge in [-0.15, -0.1) is 11.3 Å². The Balaban J connectivity index is 2.04. The summed E-state index contributed by atoms with van der Waals surface area (Å²) in [5.41, 5.74) is 7.03. The van der Waals surface area contributed by atoms with Crippen LogP contribution in [0.1, 0.15) is 96.7 Å². The summed E-state index contributed by atoms with van der Waals surface area (Å²) < 4.78 is 0. The molecular weight excluding hydrogens is 520 g/mol. The lowest BCUT2D eigenvalue weighted by molar-refractivity contribution is -0.136. The summed E-state index contributed by atoms with van der Waals surface area (Å²) in [6.07, 6.45) is 2.84. The fourth-order valence-electron chi connectivity index (χ4n) is 5.06. The van der Waals surface area contributed by atoms with E-state index in [4.69, 9.17) is 17.3 Å². The van der Waals surface area contributed by atoms with Crippen molar-refractivity contribution in [1.29, 1.82) is 0 Å². The molecule has 0 spiro atoms. The van der Waals surface area contributed by atoms with Gasteiger partial charge in [0.2, 0.25) is 5.91 Å². The van der Waals surface area contributed by atoms with Crippen LogP contribution in [0.2, 0.25) is 5.02 Å². The van der Waals surface area contributed by atoms with Crippen molar-refractivity contribution in [2.24, 2.45) is 17.3 Å². The fraction of sp³-hybridized carbons (Fsp3) is 0.500. The van der Waals surface area contributed by atoms with Gasteiger partial charge in [-0.2, -0.15) is 0 Å². The van der Waals surface area contributed by atoms with E-state index in [1.807, 2.05) is 46.6 Å². The number of Topliss-reactive ketones (excluding diaryl/α,β-unsaturated/α-hetero) is 1. The van der Waals surface area contributed by atoms with Gasteiger partial charge in [0.05, 0.1) is 10.8 Å². The second kappa shape index (κ2) is 11.9. The molecule has 38 heavy (non-hydrogen) atoms. The van der Waals surface area contributed by atoms with Crippen molar-refractivity contribution < 1.29 is 19.5 Å². The third-order valence-electron chi connectivity index (χ3n) is 7.01. The average Bonchev–Trinajstić information content (AvgIpc) is 3.26. The third kappa shape index (κ3) is 6.98. The Hall–Kier alpha value is -2.82. The van der Waals surface area contributed by atoms with Crippen LogP contribution in [-0.4, -0.2) is 40.8 Å². The number of aromatic carboxylic acids is 1. The van der Waals surface area contributed by atoms with E-state index < -0.39 is 11.9 Å². The molecule has 204 valence electrons. The van der Waals surface area contributed by atoms with E-state index in [9.17, 15) is 19.5 Å². The number of rotatable bonds is 7. The van der Waals surface area contributed by atoms with Gasteiger partial charge in [0, 0.05) is 40.7 Å². The van der Waals surface area contributed by atoms with Crippen molar-refractivity contribution in [3.8, 4) is 11.8 Å². The lowest BCUT2D eigenvalue weighted by Gasteiger charge is -2.38. The Kier molecular flexibility index (Phi) is 9.33. The molecule has 0 bridgehead atoms. The number of ketones is 1. The molecular formula is C30H37ClN2O4S.